The van der Waals surface area contributed by atoms with Crippen molar-refractivity contribution in [2.75, 3.05) is 16.0 Å². The van der Waals surface area contributed by atoms with E-state index >= 15 is 0 Å². The molecule has 4 rings (SSSR count). The molecule has 0 atom stereocenters. The zero-order valence-corrected chi connectivity index (χ0v) is 19.5. The number of aryl methyl sites for hydroxylation is 2. The van der Waals surface area contributed by atoms with Gasteiger partial charge in [0.15, 0.2) is 0 Å². The van der Waals surface area contributed by atoms with E-state index in [0.29, 0.717) is 33.1 Å². The van der Waals surface area contributed by atoms with Gasteiger partial charge in [0.25, 0.3) is 5.91 Å². The van der Waals surface area contributed by atoms with E-state index < -0.39 is 0 Å². The van der Waals surface area contributed by atoms with Gasteiger partial charge in [-0.15, -0.1) is 0 Å². The highest BCUT2D eigenvalue weighted by Crippen LogP contribution is 2.24. The van der Waals surface area contributed by atoms with E-state index in [9.17, 15) is 4.79 Å². The van der Waals surface area contributed by atoms with Crippen LogP contribution < -0.4 is 16.0 Å². The molecule has 0 bridgehead atoms. The van der Waals surface area contributed by atoms with Crippen LogP contribution in [-0.2, 0) is 0 Å². The summed E-state index contributed by atoms with van der Waals surface area (Å²) < 4.78 is 0. The van der Waals surface area contributed by atoms with Gasteiger partial charge in [-0.2, -0.15) is 4.98 Å². The fourth-order valence-corrected chi connectivity index (χ4v) is 3.61. The van der Waals surface area contributed by atoms with Crippen LogP contribution in [0.15, 0.2) is 72.8 Å². The van der Waals surface area contributed by atoms with Crippen LogP contribution in [0.2, 0.25) is 10.0 Å². The summed E-state index contributed by atoms with van der Waals surface area (Å²) in [5.74, 6) is 0.845. The molecule has 0 saturated carbocycles. The van der Waals surface area contributed by atoms with E-state index in [-0.39, 0.29) is 5.91 Å². The summed E-state index contributed by atoms with van der Waals surface area (Å²) in [4.78, 5) is 21.5. The average molecular weight is 478 g/mol. The maximum Gasteiger partial charge on any atom is 0.257 e. The number of benzene rings is 3. The Morgan fingerprint density at radius 1 is 0.758 bits per heavy atom. The Morgan fingerprint density at radius 3 is 2.09 bits per heavy atom. The molecular formula is C25H21Cl2N5O. The first-order valence-corrected chi connectivity index (χ1v) is 10.9. The van der Waals surface area contributed by atoms with Crippen molar-refractivity contribution in [3.63, 3.8) is 0 Å². The van der Waals surface area contributed by atoms with Crippen LogP contribution in [0.1, 0.15) is 21.6 Å². The number of hydrogen-bond acceptors (Lipinski definition) is 5. The molecule has 6 nitrogen and oxygen atoms in total. The van der Waals surface area contributed by atoms with Gasteiger partial charge >= 0.3 is 0 Å². The lowest BCUT2D eigenvalue weighted by molar-refractivity contribution is 0.102. The summed E-state index contributed by atoms with van der Waals surface area (Å²) in [6.07, 6.45) is 0. The van der Waals surface area contributed by atoms with Crippen molar-refractivity contribution >= 4 is 57.9 Å². The third-order valence-electron chi connectivity index (χ3n) is 4.75. The fraction of sp³-hybridized carbons (Fsp3) is 0.0800. The van der Waals surface area contributed by atoms with Crippen LogP contribution in [0, 0.1) is 13.8 Å². The van der Waals surface area contributed by atoms with Gasteiger partial charge in [0.05, 0.1) is 10.6 Å². The standard InChI is InChI=1S/C25H21Cl2N5O/c1-15-3-6-18(7-4-15)29-23-13-16(2)28-25(32-23)31-20-10-8-19(9-11-20)30-24(33)21-12-5-17(26)14-22(21)27/h3-14H,1-2H3,(H,30,33)(H2,28,29,31,32). The summed E-state index contributed by atoms with van der Waals surface area (Å²) in [7, 11) is 0. The highest BCUT2D eigenvalue weighted by molar-refractivity contribution is 6.37. The topological polar surface area (TPSA) is 78.9 Å². The van der Waals surface area contributed by atoms with Crippen LogP contribution in [-0.4, -0.2) is 15.9 Å². The molecule has 8 heteroatoms. The minimum absolute atomic E-state index is 0.296. The Morgan fingerprint density at radius 2 is 1.39 bits per heavy atom. The molecule has 0 aliphatic rings. The molecule has 1 amide bonds. The maximum atomic E-state index is 12.5. The number of halogens is 2. The molecule has 3 aromatic carbocycles. The quantitative estimate of drug-likeness (QED) is 0.275. The van der Waals surface area contributed by atoms with Gasteiger partial charge in [-0.05, 0) is 68.4 Å². The minimum atomic E-state index is -0.314. The van der Waals surface area contributed by atoms with Crippen LogP contribution >= 0.6 is 23.2 Å². The second-order valence-electron chi connectivity index (χ2n) is 7.49. The summed E-state index contributed by atoms with van der Waals surface area (Å²) in [6.45, 7) is 3.96. The third kappa shape index (κ3) is 6.00. The highest BCUT2D eigenvalue weighted by atomic mass is 35.5. The van der Waals surface area contributed by atoms with Gasteiger partial charge in [-0.25, -0.2) is 4.98 Å². The molecule has 166 valence electrons. The number of carbonyl (C=O) groups is 1. The zero-order chi connectivity index (χ0) is 23.4. The van der Waals surface area contributed by atoms with Crippen LogP contribution in [0.5, 0.6) is 0 Å². The predicted molar refractivity (Wildman–Crippen MR) is 135 cm³/mol. The van der Waals surface area contributed by atoms with E-state index in [1.54, 1.807) is 24.3 Å². The number of aromatic nitrogens is 2. The third-order valence-corrected chi connectivity index (χ3v) is 5.30. The molecule has 0 aliphatic heterocycles. The van der Waals surface area contributed by atoms with Crippen molar-refractivity contribution in [2.45, 2.75) is 13.8 Å². The Bertz CT molecular complexity index is 1290. The molecule has 4 aromatic rings. The first-order valence-electron chi connectivity index (χ1n) is 10.2. The van der Waals surface area contributed by atoms with Gasteiger partial charge in [-0.3, -0.25) is 4.79 Å². The molecular weight excluding hydrogens is 457 g/mol. The first kappa shape index (κ1) is 22.6. The van der Waals surface area contributed by atoms with E-state index in [1.807, 2.05) is 56.3 Å². The van der Waals surface area contributed by atoms with E-state index in [1.165, 1.54) is 11.6 Å². The normalized spacial score (nSPS) is 10.5. The lowest BCUT2D eigenvalue weighted by Gasteiger charge is -2.11. The Hall–Kier alpha value is -3.61. The first-order chi connectivity index (χ1) is 15.9. The molecule has 1 heterocycles. The van der Waals surface area contributed by atoms with Crippen LogP contribution in [0.4, 0.5) is 28.8 Å². The number of nitrogens with one attached hydrogen (secondary N) is 3. The number of carbonyl (C=O) groups excluding carboxylic acids is 1. The van der Waals surface area contributed by atoms with Crippen LogP contribution in [0.25, 0.3) is 0 Å². The molecule has 0 unspecified atom stereocenters. The minimum Gasteiger partial charge on any atom is -0.340 e. The number of rotatable bonds is 6. The van der Waals surface area contributed by atoms with E-state index in [0.717, 1.165) is 17.1 Å². The second-order valence-corrected chi connectivity index (χ2v) is 8.33. The average Bonchev–Trinajstić information content (AvgIpc) is 2.76. The Balaban J connectivity index is 1.43. The number of hydrogen-bond donors (Lipinski definition) is 3. The van der Waals surface area contributed by atoms with Crippen molar-refractivity contribution in [1.29, 1.82) is 0 Å². The lowest BCUT2D eigenvalue weighted by atomic mass is 10.2. The largest absolute Gasteiger partial charge is 0.340 e. The van der Waals surface area contributed by atoms with E-state index in [4.69, 9.17) is 23.2 Å². The second kappa shape index (κ2) is 9.90. The highest BCUT2D eigenvalue weighted by Gasteiger charge is 2.11. The summed E-state index contributed by atoms with van der Waals surface area (Å²) in [5, 5.41) is 10.1. The molecule has 33 heavy (non-hydrogen) atoms. The smallest absolute Gasteiger partial charge is 0.257 e. The van der Waals surface area contributed by atoms with Gasteiger partial charge in [0, 0.05) is 33.8 Å². The van der Waals surface area contributed by atoms with E-state index in [2.05, 4.69) is 25.9 Å². The lowest BCUT2D eigenvalue weighted by Crippen LogP contribution is -2.12. The maximum absolute atomic E-state index is 12.5. The van der Waals surface area contributed by atoms with Crippen molar-refractivity contribution in [3.8, 4) is 0 Å². The van der Waals surface area contributed by atoms with Gasteiger partial charge < -0.3 is 16.0 Å². The molecule has 0 saturated heterocycles. The SMILES string of the molecule is Cc1ccc(Nc2cc(C)nc(Nc3ccc(NC(=O)c4ccc(Cl)cc4Cl)cc3)n2)cc1. The van der Waals surface area contributed by atoms with Gasteiger partial charge in [-0.1, -0.05) is 40.9 Å². The monoisotopic (exact) mass is 477 g/mol. The number of amides is 1. The molecule has 0 spiro atoms. The Kier molecular flexibility index (Phi) is 6.77. The fourth-order valence-electron chi connectivity index (χ4n) is 3.11. The number of anilines is 5. The zero-order valence-electron chi connectivity index (χ0n) is 18.0. The summed E-state index contributed by atoms with van der Waals surface area (Å²) in [6, 6.07) is 21.9. The molecule has 0 radical (unpaired) electrons. The predicted octanol–water partition coefficient (Wildman–Crippen LogP) is 7.14. The van der Waals surface area contributed by atoms with Gasteiger partial charge in [0.1, 0.15) is 5.82 Å². The van der Waals surface area contributed by atoms with Gasteiger partial charge in [0.2, 0.25) is 5.95 Å². The number of nitrogens with zero attached hydrogens (tertiary/aromatic N) is 2. The molecule has 0 fully saturated rings. The Labute approximate surface area is 202 Å². The molecule has 1 aromatic heterocycles. The molecule has 0 aliphatic carbocycles. The van der Waals surface area contributed by atoms with Crippen molar-refractivity contribution < 1.29 is 4.79 Å². The van der Waals surface area contributed by atoms with Crippen LogP contribution in [0.3, 0.4) is 0 Å². The summed E-state index contributed by atoms with van der Waals surface area (Å²) >= 11 is 12.0. The summed E-state index contributed by atoms with van der Waals surface area (Å²) in [5.41, 5.74) is 4.73. The van der Waals surface area contributed by atoms with Crippen molar-refractivity contribution in [1.82, 2.24) is 9.97 Å². The van der Waals surface area contributed by atoms with Crippen molar-refractivity contribution in [2.24, 2.45) is 0 Å². The van der Waals surface area contributed by atoms with Crippen molar-refractivity contribution in [3.05, 3.63) is 99.7 Å². The molecule has 3 N–H and O–H groups in total.